The highest BCUT2D eigenvalue weighted by atomic mass is 35.5. The third-order valence-corrected chi connectivity index (χ3v) is 5.00. The van der Waals surface area contributed by atoms with Gasteiger partial charge in [0.05, 0.1) is 22.0 Å². The Morgan fingerprint density at radius 2 is 1.95 bits per heavy atom. The second-order valence-electron chi connectivity index (χ2n) is 6.34. The molecule has 0 saturated carbocycles. The molecule has 2 aliphatic rings. The largest absolute Gasteiger partial charge is 0.367 e. The lowest BCUT2D eigenvalue weighted by Gasteiger charge is -2.43. The van der Waals surface area contributed by atoms with E-state index in [2.05, 4.69) is 31.0 Å². The Morgan fingerprint density at radius 3 is 2.67 bits per heavy atom. The van der Waals surface area contributed by atoms with Crippen LogP contribution in [0, 0.1) is 11.8 Å². The lowest BCUT2D eigenvalue weighted by Crippen LogP contribution is -2.46. The minimum Gasteiger partial charge on any atom is -0.367 e. The molecule has 21 heavy (non-hydrogen) atoms. The van der Waals surface area contributed by atoms with Crippen LogP contribution in [0.25, 0.3) is 0 Å². The van der Waals surface area contributed by atoms with Gasteiger partial charge < -0.3 is 10.2 Å². The van der Waals surface area contributed by atoms with Gasteiger partial charge in [-0.2, -0.15) is 0 Å². The maximum absolute atomic E-state index is 11.7. The maximum atomic E-state index is 11.7. The van der Waals surface area contributed by atoms with Crippen molar-refractivity contribution in [3.05, 3.63) is 22.7 Å². The van der Waals surface area contributed by atoms with Gasteiger partial charge >= 0.3 is 0 Å². The number of halogens is 1. The Bertz CT molecular complexity index is 629. The van der Waals surface area contributed by atoms with Crippen molar-refractivity contribution in [2.45, 2.75) is 33.2 Å². The van der Waals surface area contributed by atoms with Crippen molar-refractivity contribution in [1.29, 1.82) is 0 Å². The molecule has 0 aromatic heterocycles. The van der Waals surface area contributed by atoms with E-state index in [1.807, 2.05) is 6.07 Å². The average Bonchev–Trinajstić information content (AvgIpc) is 2.69. The molecule has 1 N–H and O–H groups in total. The fourth-order valence-corrected chi connectivity index (χ4v) is 3.68. The Kier molecular flexibility index (Phi) is 3.44. The summed E-state index contributed by atoms with van der Waals surface area (Å²) in [5.74, 6) is 0.0876. The van der Waals surface area contributed by atoms with Crippen LogP contribution in [0.3, 0.4) is 0 Å². The predicted molar refractivity (Wildman–Crippen MR) is 84.2 cm³/mol. The lowest BCUT2D eigenvalue weighted by molar-refractivity contribution is -0.112. The summed E-state index contributed by atoms with van der Waals surface area (Å²) in [6, 6.07) is 3.83. The molecule has 1 aromatic rings. The summed E-state index contributed by atoms with van der Waals surface area (Å²) in [4.78, 5) is 25.5. The van der Waals surface area contributed by atoms with Crippen LogP contribution < -0.4 is 10.2 Å². The number of carbonyl (C=O) groups excluding carboxylic acids is 2. The number of ketones is 1. The zero-order chi connectivity index (χ0) is 15.3. The van der Waals surface area contributed by atoms with Gasteiger partial charge in [-0.3, -0.25) is 9.59 Å². The number of Topliss-reactive ketones (excluding diaryl/α,β-unsaturated/α-hetero) is 1. The van der Waals surface area contributed by atoms with E-state index >= 15 is 0 Å². The number of nitrogens with one attached hydrogen (secondary N) is 1. The summed E-state index contributed by atoms with van der Waals surface area (Å²) in [7, 11) is 0. The van der Waals surface area contributed by atoms with Crippen molar-refractivity contribution >= 4 is 34.7 Å². The highest BCUT2D eigenvalue weighted by Gasteiger charge is 2.33. The van der Waals surface area contributed by atoms with Crippen LogP contribution in [0.15, 0.2) is 12.1 Å². The van der Waals surface area contributed by atoms with Crippen molar-refractivity contribution in [1.82, 2.24) is 0 Å². The highest BCUT2D eigenvalue weighted by Crippen LogP contribution is 2.39. The Hall–Kier alpha value is -1.55. The standard InChI is InChI=1S/C16H19ClN2O2/c1-8-4-9(2)10(3)19(7-8)14-6-13-11(5-12(14)17)15(20)16(21)18-13/h5-6,8-10H,4,7H2,1-3H3,(H,18,20,21). The first kappa shape index (κ1) is 14.4. The van der Waals surface area contributed by atoms with Gasteiger partial charge in [-0.15, -0.1) is 0 Å². The first-order valence-electron chi connectivity index (χ1n) is 7.34. The zero-order valence-electron chi connectivity index (χ0n) is 12.4. The van der Waals surface area contributed by atoms with E-state index < -0.39 is 11.7 Å². The molecule has 1 fully saturated rings. The Labute approximate surface area is 129 Å². The average molecular weight is 307 g/mol. The molecule has 0 aliphatic carbocycles. The second kappa shape index (κ2) is 5.02. The van der Waals surface area contributed by atoms with Gasteiger partial charge in [0.15, 0.2) is 0 Å². The van der Waals surface area contributed by atoms with E-state index in [9.17, 15) is 9.59 Å². The zero-order valence-corrected chi connectivity index (χ0v) is 13.2. The third-order valence-electron chi connectivity index (χ3n) is 4.69. The molecule has 2 aliphatic heterocycles. The van der Waals surface area contributed by atoms with Gasteiger partial charge in [-0.05, 0) is 37.3 Å². The normalized spacial score (nSPS) is 28.6. The van der Waals surface area contributed by atoms with Crippen LogP contribution in [-0.2, 0) is 4.79 Å². The van der Waals surface area contributed by atoms with Gasteiger partial charge in [0.1, 0.15) is 0 Å². The smallest absolute Gasteiger partial charge is 0.296 e. The minimum absolute atomic E-state index is 0.375. The molecule has 1 aromatic carbocycles. The monoisotopic (exact) mass is 306 g/mol. The molecular weight excluding hydrogens is 288 g/mol. The van der Waals surface area contributed by atoms with Crippen molar-refractivity contribution in [3.63, 3.8) is 0 Å². The highest BCUT2D eigenvalue weighted by molar-refractivity contribution is 6.52. The molecule has 1 amide bonds. The fourth-order valence-electron chi connectivity index (χ4n) is 3.41. The number of nitrogens with zero attached hydrogens (tertiary/aromatic N) is 1. The van der Waals surface area contributed by atoms with Gasteiger partial charge in [-0.1, -0.05) is 25.4 Å². The molecule has 0 spiro atoms. The number of carbonyl (C=O) groups is 2. The molecule has 0 radical (unpaired) electrons. The molecule has 2 heterocycles. The summed E-state index contributed by atoms with van der Waals surface area (Å²) < 4.78 is 0. The topological polar surface area (TPSA) is 49.4 Å². The van der Waals surface area contributed by atoms with Crippen molar-refractivity contribution in [2.75, 3.05) is 16.8 Å². The van der Waals surface area contributed by atoms with Crippen LogP contribution in [-0.4, -0.2) is 24.3 Å². The maximum Gasteiger partial charge on any atom is 0.296 e. The Balaban J connectivity index is 2.02. The van der Waals surface area contributed by atoms with Crippen molar-refractivity contribution < 1.29 is 9.59 Å². The number of rotatable bonds is 1. The van der Waals surface area contributed by atoms with Crippen LogP contribution in [0.4, 0.5) is 11.4 Å². The van der Waals surface area contributed by atoms with Crippen LogP contribution in [0.1, 0.15) is 37.6 Å². The van der Waals surface area contributed by atoms with E-state index in [4.69, 9.17) is 11.6 Å². The van der Waals surface area contributed by atoms with Crippen molar-refractivity contribution in [3.8, 4) is 0 Å². The summed E-state index contributed by atoms with van der Waals surface area (Å²) in [5, 5.41) is 3.15. The minimum atomic E-state index is -0.577. The molecule has 3 unspecified atom stereocenters. The van der Waals surface area contributed by atoms with E-state index in [1.165, 1.54) is 6.42 Å². The number of benzene rings is 1. The molecule has 5 heteroatoms. The Morgan fingerprint density at radius 1 is 1.24 bits per heavy atom. The van der Waals surface area contributed by atoms with E-state index in [1.54, 1.807) is 6.07 Å². The molecule has 3 rings (SSSR count). The number of hydrogen-bond acceptors (Lipinski definition) is 3. The first-order chi connectivity index (χ1) is 9.88. The number of hydrogen-bond donors (Lipinski definition) is 1. The molecule has 3 atom stereocenters. The first-order valence-corrected chi connectivity index (χ1v) is 7.72. The third kappa shape index (κ3) is 2.31. The van der Waals surface area contributed by atoms with Crippen LogP contribution in [0.5, 0.6) is 0 Å². The number of amides is 1. The molecule has 112 valence electrons. The SMILES string of the molecule is CC1CC(C)C(C)N(c2cc3c(cc2Cl)C(=O)C(=O)N3)C1. The van der Waals surface area contributed by atoms with E-state index in [-0.39, 0.29) is 0 Å². The summed E-state index contributed by atoms with van der Waals surface area (Å²) in [5.41, 5.74) is 1.85. The molecule has 0 bridgehead atoms. The second-order valence-corrected chi connectivity index (χ2v) is 6.75. The lowest BCUT2D eigenvalue weighted by atomic mass is 9.85. The summed E-state index contributed by atoms with van der Waals surface area (Å²) in [6.45, 7) is 7.62. The van der Waals surface area contributed by atoms with Crippen molar-refractivity contribution in [2.24, 2.45) is 11.8 Å². The van der Waals surface area contributed by atoms with Gasteiger partial charge in [0.2, 0.25) is 0 Å². The van der Waals surface area contributed by atoms with Gasteiger partial charge in [-0.25, -0.2) is 0 Å². The summed E-state index contributed by atoms with van der Waals surface area (Å²) >= 11 is 6.38. The summed E-state index contributed by atoms with van der Waals surface area (Å²) in [6.07, 6.45) is 1.20. The van der Waals surface area contributed by atoms with E-state index in [0.717, 1.165) is 12.2 Å². The predicted octanol–water partition coefficient (Wildman–Crippen LogP) is 3.35. The molecule has 1 saturated heterocycles. The number of anilines is 2. The van der Waals surface area contributed by atoms with Gasteiger partial charge in [0, 0.05) is 12.6 Å². The fraction of sp³-hybridized carbons (Fsp3) is 0.500. The number of fused-ring (bicyclic) bond motifs is 1. The van der Waals surface area contributed by atoms with E-state index in [0.29, 0.717) is 34.2 Å². The quantitative estimate of drug-likeness (QED) is 0.810. The van der Waals surface area contributed by atoms with Crippen LogP contribution in [0.2, 0.25) is 5.02 Å². The molecule has 4 nitrogen and oxygen atoms in total. The number of piperidine rings is 1. The van der Waals surface area contributed by atoms with Crippen LogP contribution >= 0.6 is 11.6 Å². The van der Waals surface area contributed by atoms with Gasteiger partial charge in [0.25, 0.3) is 11.7 Å². The molecular formula is C16H19ClN2O2.